The highest BCUT2D eigenvalue weighted by molar-refractivity contribution is 5.69. The molecule has 0 saturated heterocycles. The zero-order chi connectivity index (χ0) is 17.6. The molecule has 3 aliphatic carbocycles. The molecule has 3 saturated carbocycles. The van der Waals surface area contributed by atoms with Crippen LogP contribution in [-0.4, -0.2) is 12.1 Å². The van der Waals surface area contributed by atoms with E-state index in [0.29, 0.717) is 6.42 Å². The van der Waals surface area contributed by atoms with Crippen molar-refractivity contribution < 1.29 is 9.53 Å². The second kappa shape index (κ2) is 9.42. The average molecular weight is 349 g/mol. The van der Waals surface area contributed by atoms with Gasteiger partial charge in [-0.25, -0.2) is 0 Å². The topological polar surface area (TPSA) is 26.3 Å². The van der Waals surface area contributed by atoms with Gasteiger partial charge in [0.1, 0.15) is 6.10 Å². The van der Waals surface area contributed by atoms with Gasteiger partial charge in [0.15, 0.2) is 0 Å². The first-order valence-corrected chi connectivity index (χ1v) is 11.4. The van der Waals surface area contributed by atoms with Gasteiger partial charge in [-0.15, -0.1) is 0 Å². The van der Waals surface area contributed by atoms with E-state index >= 15 is 0 Å². The third kappa shape index (κ3) is 5.01. The maximum atomic E-state index is 12.0. The zero-order valence-electron chi connectivity index (χ0n) is 16.7. The lowest BCUT2D eigenvalue weighted by atomic mass is 9.56. The van der Waals surface area contributed by atoms with E-state index in [2.05, 4.69) is 13.8 Å². The van der Waals surface area contributed by atoms with Gasteiger partial charge in [0.25, 0.3) is 0 Å². The van der Waals surface area contributed by atoms with Crippen LogP contribution in [-0.2, 0) is 9.53 Å². The van der Waals surface area contributed by atoms with Gasteiger partial charge in [-0.2, -0.15) is 0 Å². The fraction of sp³-hybridized carbons (Fsp3) is 0.957. The highest BCUT2D eigenvalue weighted by Gasteiger charge is 2.44. The summed E-state index contributed by atoms with van der Waals surface area (Å²) in [6.45, 7) is 4.46. The number of esters is 1. The van der Waals surface area contributed by atoms with Crippen LogP contribution in [0.15, 0.2) is 0 Å². The molecule has 2 nitrogen and oxygen atoms in total. The molecule has 2 heteroatoms. The molecule has 3 aliphatic rings. The summed E-state index contributed by atoms with van der Waals surface area (Å²) < 4.78 is 5.80. The van der Waals surface area contributed by atoms with Gasteiger partial charge in [0.2, 0.25) is 0 Å². The molecule has 0 aromatic carbocycles. The predicted molar refractivity (Wildman–Crippen MR) is 103 cm³/mol. The number of carbonyl (C=O) groups is 1. The molecule has 0 spiro atoms. The van der Waals surface area contributed by atoms with Crippen molar-refractivity contribution in [2.75, 3.05) is 0 Å². The first-order chi connectivity index (χ1) is 12.2. The van der Waals surface area contributed by atoms with Crippen LogP contribution in [0.4, 0.5) is 0 Å². The van der Waals surface area contributed by atoms with Crippen LogP contribution >= 0.6 is 0 Å². The van der Waals surface area contributed by atoms with Crippen molar-refractivity contribution in [1.82, 2.24) is 0 Å². The summed E-state index contributed by atoms with van der Waals surface area (Å²) in [5.41, 5.74) is 0. The minimum absolute atomic E-state index is 0.0513. The Bertz CT molecular complexity index is 418. The SMILES string of the molecule is CCCCC(=O)OC1CCC2C(CCC3CC(CCCC)CCC32)C1. The number of unbranched alkanes of at least 4 members (excludes halogenated alkanes) is 2. The number of ether oxygens (including phenoxy) is 1. The van der Waals surface area contributed by atoms with E-state index in [0.717, 1.165) is 55.3 Å². The first-order valence-electron chi connectivity index (χ1n) is 11.4. The normalized spacial score (nSPS) is 37.8. The molecule has 6 unspecified atom stereocenters. The molecule has 0 radical (unpaired) electrons. The number of carbonyl (C=O) groups excluding carboxylic acids is 1. The van der Waals surface area contributed by atoms with E-state index in [-0.39, 0.29) is 12.1 Å². The molecule has 0 bridgehead atoms. The number of fused-ring (bicyclic) bond motifs is 3. The number of hydrogen-bond acceptors (Lipinski definition) is 2. The molecule has 25 heavy (non-hydrogen) atoms. The molecular formula is C23H40O2. The van der Waals surface area contributed by atoms with E-state index in [1.165, 1.54) is 57.8 Å². The maximum Gasteiger partial charge on any atom is 0.306 e. The van der Waals surface area contributed by atoms with Crippen LogP contribution in [0, 0.1) is 29.6 Å². The largest absolute Gasteiger partial charge is 0.462 e. The molecule has 0 aromatic rings. The third-order valence-electron chi connectivity index (χ3n) is 7.60. The Kier molecular flexibility index (Phi) is 7.25. The average Bonchev–Trinajstić information content (AvgIpc) is 2.64. The second-order valence-electron chi connectivity index (χ2n) is 9.27. The van der Waals surface area contributed by atoms with Crippen LogP contribution < -0.4 is 0 Å². The molecule has 3 rings (SSSR count). The fourth-order valence-corrected chi connectivity index (χ4v) is 6.28. The summed E-state index contributed by atoms with van der Waals surface area (Å²) in [4.78, 5) is 12.0. The quantitative estimate of drug-likeness (QED) is 0.489. The summed E-state index contributed by atoms with van der Waals surface area (Å²) in [6.07, 6.45) is 18.1. The van der Waals surface area contributed by atoms with Crippen molar-refractivity contribution in [1.29, 1.82) is 0 Å². The van der Waals surface area contributed by atoms with Gasteiger partial charge in [-0.3, -0.25) is 4.79 Å². The lowest BCUT2D eigenvalue weighted by molar-refractivity contribution is -0.153. The van der Waals surface area contributed by atoms with E-state index < -0.39 is 0 Å². The van der Waals surface area contributed by atoms with Gasteiger partial charge in [-0.05, 0) is 81.0 Å². The standard InChI is InChI=1S/C23H40O2/c1-3-5-7-17-9-13-21-18(15-17)10-11-19-16-20(12-14-22(19)21)25-23(24)8-6-4-2/h17-22H,3-16H2,1-2H3. The van der Waals surface area contributed by atoms with Crippen LogP contribution in [0.5, 0.6) is 0 Å². The molecule has 0 N–H and O–H groups in total. The molecule has 0 amide bonds. The van der Waals surface area contributed by atoms with Gasteiger partial charge < -0.3 is 4.74 Å². The lowest BCUT2D eigenvalue weighted by Gasteiger charge is -2.50. The van der Waals surface area contributed by atoms with E-state index in [1.807, 2.05) is 0 Å². The van der Waals surface area contributed by atoms with Crippen LogP contribution in [0.3, 0.4) is 0 Å². The monoisotopic (exact) mass is 348 g/mol. The highest BCUT2D eigenvalue weighted by atomic mass is 16.5. The van der Waals surface area contributed by atoms with Gasteiger partial charge in [-0.1, -0.05) is 46.0 Å². The summed E-state index contributed by atoms with van der Waals surface area (Å²) in [6, 6.07) is 0. The Morgan fingerprint density at radius 1 is 0.840 bits per heavy atom. The maximum absolute atomic E-state index is 12.0. The Hall–Kier alpha value is -0.530. The number of hydrogen-bond donors (Lipinski definition) is 0. The Labute approximate surface area is 155 Å². The highest BCUT2D eigenvalue weighted by Crippen LogP contribution is 2.53. The molecule has 0 heterocycles. The Morgan fingerprint density at radius 2 is 1.52 bits per heavy atom. The van der Waals surface area contributed by atoms with Crippen LogP contribution in [0.25, 0.3) is 0 Å². The van der Waals surface area contributed by atoms with Crippen molar-refractivity contribution in [2.24, 2.45) is 29.6 Å². The summed E-state index contributed by atoms with van der Waals surface area (Å²) >= 11 is 0. The van der Waals surface area contributed by atoms with Gasteiger partial charge in [0, 0.05) is 6.42 Å². The van der Waals surface area contributed by atoms with Crippen molar-refractivity contribution in [3.63, 3.8) is 0 Å². The van der Waals surface area contributed by atoms with Gasteiger partial charge in [0.05, 0.1) is 0 Å². The van der Waals surface area contributed by atoms with Gasteiger partial charge >= 0.3 is 5.97 Å². The fourth-order valence-electron chi connectivity index (χ4n) is 6.28. The summed E-state index contributed by atoms with van der Waals surface area (Å²) in [5, 5.41) is 0. The second-order valence-corrected chi connectivity index (χ2v) is 9.27. The van der Waals surface area contributed by atoms with Crippen molar-refractivity contribution in [3.05, 3.63) is 0 Å². The third-order valence-corrected chi connectivity index (χ3v) is 7.60. The van der Waals surface area contributed by atoms with Crippen molar-refractivity contribution >= 4 is 5.97 Å². The minimum atomic E-state index is 0.0513. The molecule has 0 aliphatic heterocycles. The minimum Gasteiger partial charge on any atom is -0.462 e. The predicted octanol–water partition coefficient (Wildman–Crippen LogP) is 6.52. The van der Waals surface area contributed by atoms with Crippen LogP contribution in [0.1, 0.15) is 104 Å². The zero-order valence-corrected chi connectivity index (χ0v) is 16.7. The van der Waals surface area contributed by atoms with E-state index in [1.54, 1.807) is 0 Å². The van der Waals surface area contributed by atoms with Crippen LogP contribution in [0.2, 0.25) is 0 Å². The van der Waals surface area contributed by atoms with Crippen molar-refractivity contribution in [2.45, 2.75) is 110 Å². The molecule has 3 fully saturated rings. The number of rotatable bonds is 7. The summed E-state index contributed by atoms with van der Waals surface area (Å²) in [7, 11) is 0. The first kappa shape index (κ1) is 19.2. The molecule has 0 aromatic heterocycles. The van der Waals surface area contributed by atoms with Crippen molar-refractivity contribution in [3.8, 4) is 0 Å². The lowest BCUT2D eigenvalue weighted by Crippen LogP contribution is -2.43. The molecular weight excluding hydrogens is 308 g/mol. The molecule has 6 atom stereocenters. The summed E-state index contributed by atoms with van der Waals surface area (Å²) in [5.74, 6) is 4.86. The smallest absolute Gasteiger partial charge is 0.306 e. The van der Waals surface area contributed by atoms with E-state index in [4.69, 9.17) is 4.74 Å². The molecule has 144 valence electrons. The van der Waals surface area contributed by atoms with E-state index in [9.17, 15) is 4.79 Å². The Balaban J connectivity index is 1.47. The Morgan fingerprint density at radius 3 is 2.24 bits per heavy atom.